The van der Waals surface area contributed by atoms with Crippen LogP contribution in [0.25, 0.3) is 0 Å². The van der Waals surface area contributed by atoms with E-state index in [1.165, 1.54) is 11.1 Å². The van der Waals surface area contributed by atoms with Crippen LogP contribution >= 0.6 is 0 Å². The molecule has 0 radical (unpaired) electrons. The van der Waals surface area contributed by atoms with Crippen molar-refractivity contribution in [2.75, 3.05) is 0 Å². The maximum Gasteiger partial charge on any atom is 0.356 e. The lowest BCUT2D eigenvalue weighted by molar-refractivity contribution is 0.0690. The summed E-state index contributed by atoms with van der Waals surface area (Å²) in [4.78, 5) is 13.0. The van der Waals surface area contributed by atoms with Crippen LogP contribution < -0.4 is 0 Å². The van der Waals surface area contributed by atoms with Gasteiger partial charge in [0.15, 0.2) is 5.69 Å². The van der Waals surface area contributed by atoms with Crippen molar-refractivity contribution in [2.24, 2.45) is 0 Å². The van der Waals surface area contributed by atoms with E-state index in [2.05, 4.69) is 27.2 Å². The molecule has 3 rings (SSSR count). The van der Waals surface area contributed by atoms with Crippen molar-refractivity contribution in [1.82, 2.24) is 15.1 Å². The zero-order valence-corrected chi connectivity index (χ0v) is 9.76. The van der Waals surface area contributed by atoms with E-state index in [0.717, 1.165) is 18.8 Å². The molecule has 0 aliphatic carbocycles. The van der Waals surface area contributed by atoms with E-state index in [1.807, 2.05) is 12.1 Å². The Balaban J connectivity index is 1.70. The minimum Gasteiger partial charge on any atom is -0.476 e. The Labute approximate surface area is 104 Å². The van der Waals surface area contributed by atoms with Crippen molar-refractivity contribution in [1.29, 1.82) is 0 Å². The van der Waals surface area contributed by atoms with Gasteiger partial charge in [-0.3, -0.25) is 10.00 Å². The van der Waals surface area contributed by atoms with Crippen LogP contribution in [-0.2, 0) is 19.6 Å². The minimum atomic E-state index is -0.998. The molecular weight excluding hydrogens is 230 g/mol. The van der Waals surface area contributed by atoms with Gasteiger partial charge in [-0.2, -0.15) is 5.10 Å². The zero-order valence-electron chi connectivity index (χ0n) is 9.76. The quantitative estimate of drug-likeness (QED) is 0.859. The number of aromatic nitrogens is 2. The highest BCUT2D eigenvalue weighted by molar-refractivity contribution is 5.85. The van der Waals surface area contributed by atoms with Crippen LogP contribution in [0.15, 0.2) is 30.3 Å². The number of aromatic amines is 1. The molecule has 0 amide bonds. The third kappa shape index (κ3) is 2.00. The van der Waals surface area contributed by atoms with Crippen molar-refractivity contribution >= 4 is 5.97 Å². The molecule has 5 nitrogen and oxygen atoms in total. The van der Waals surface area contributed by atoms with Gasteiger partial charge in [0.05, 0.1) is 5.69 Å². The molecule has 1 aliphatic rings. The van der Waals surface area contributed by atoms with Gasteiger partial charge in [-0.25, -0.2) is 4.79 Å². The summed E-state index contributed by atoms with van der Waals surface area (Å²) in [5.74, 6) is -0.998. The predicted molar refractivity (Wildman–Crippen MR) is 64.9 cm³/mol. The van der Waals surface area contributed by atoms with Crippen LogP contribution in [-0.4, -0.2) is 26.2 Å². The van der Waals surface area contributed by atoms with E-state index in [1.54, 1.807) is 6.07 Å². The number of carboxylic acid groups (broad SMARTS) is 1. The summed E-state index contributed by atoms with van der Waals surface area (Å²) in [7, 11) is 0. The number of benzene rings is 1. The zero-order chi connectivity index (χ0) is 12.5. The lowest BCUT2D eigenvalue weighted by atomic mass is 10.1. The van der Waals surface area contributed by atoms with E-state index in [-0.39, 0.29) is 5.69 Å². The SMILES string of the molecule is O=C(O)c1cc(CN2Cc3ccccc3C2)[nH]n1. The fourth-order valence-electron chi connectivity index (χ4n) is 2.31. The molecule has 0 saturated carbocycles. The van der Waals surface area contributed by atoms with Gasteiger partial charge in [-0.1, -0.05) is 24.3 Å². The van der Waals surface area contributed by atoms with Gasteiger partial charge < -0.3 is 5.11 Å². The van der Waals surface area contributed by atoms with Crippen molar-refractivity contribution in [3.8, 4) is 0 Å². The Morgan fingerprint density at radius 3 is 2.56 bits per heavy atom. The first kappa shape index (κ1) is 11.0. The first-order chi connectivity index (χ1) is 8.72. The van der Waals surface area contributed by atoms with Gasteiger partial charge >= 0.3 is 5.97 Å². The molecule has 92 valence electrons. The topological polar surface area (TPSA) is 69.2 Å². The number of nitrogens with one attached hydrogen (secondary N) is 1. The number of rotatable bonds is 3. The predicted octanol–water partition coefficient (Wildman–Crippen LogP) is 1.62. The average Bonchev–Trinajstić information content (AvgIpc) is 2.94. The molecular formula is C13H13N3O2. The number of carboxylic acids is 1. The Morgan fingerprint density at radius 2 is 2.00 bits per heavy atom. The number of aromatic carboxylic acids is 1. The van der Waals surface area contributed by atoms with Crippen LogP contribution in [0.2, 0.25) is 0 Å². The van der Waals surface area contributed by atoms with Gasteiger partial charge in [0.2, 0.25) is 0 Å². The number of carbonyl (C=O) groups is 1. The van der Waals surface area contributed by atoms with Crippen LogP contribution in [0.5, 0.6) is 0 Å². The molecule has 1 aromatic carbocycles. The van der Waals surface area contributed by atoms with Gasteiger partial charge in [0, 0.05) is 19.6 Å². The molecule has 0 bridgehead atoms. The highest BCUT2D eigenvalue weighted by Gasteiger charge is 2.19. The second kappa shape index (κ2) is 4.27. The summed E-state index contributed by atoms with van der Waals surface area (Å²) in [5.41, 5.74) is 3.59. The van der Waals surface area contributed by atoms with Crippen molar-refractivity contribution in [3.63, 3.8) is 0 Å². The number of fused-ring (bicyclic) bond motifs is 1. The monoisotopic (exact) mass is 243 g/mol. The summed E-state index contributed by atoms with van der Waals surface area (Å²) in [6.07, 6.45) is 0. The maximum absolute atomic E-state index is 10.7. The normalized spacial score (nSPS) is 14.7. The number of nitrogens with zero attached hydrogens (tertiary/aromatic N) is 2. The van der Waals surface area contributed by atoms with Crippen LogP contribution in [0, 0.1) is 0 Å². The standard InChI is InChI=1S/C13H13N3O2/c17-13(18)12-5-11(14-15-12)8-16-6-9-3-1-2-4-10(9)7-16/h1-5H,6-8H2,(H,14,15)(H,17,18). The van der Waals surface area contributed by atoms with E-state index < -0.39 is 5.97 Å². The molecule has 5 heteroatoms. The molecule has 1 aromatic heterocycles. The van der Waals surface area contributed by atoms with Gasteiger partial charge in [0.25, 0.3) is 0 Å². The molecule has 2 aromatic rings. The van der Waals surface area contributed by atoms with Gasteiger partial charge in [-0.05, 0) is 17.2 Å². The molecule has 0 atom stereocenters. The smallest absolute Gasteiger partial charge is 0.356 e. The Hall–Kier alpha value is -2.14. The van der Waals surface area contributed by atoms with E-state index in [9.17, 15) is 4.79 Å². The van der Waals surface area contributed by atoms with Crippen molar-refractivity contribution < 1.29 is 9.90 Å². The lowest BCUT2D eigenvalue weighted by Crippen LogP contribution is -2.15. The first-order valence-electron chi connectivity index (χ1n) is 5.79. The van der Waals surface area contributed by atoms with Crippen LogP contribution in [0.3, 0.4) is 0 Å². The lowest BCUT2D eigenvalue weighted by Gasteiger charge is -2.12. The molecule has 0 unspecified atom stereocenters. The number of hydrogen-bond donors (Lipinski definition) is 2. The van der Waals surface area contributed by atoms with Gasteiger partial charge in [0.1, 0.15) is 0 Å². The van der Waals surface area contributed by atoms with E-state index in [4.69, 9.17) is 5.11 Å². The third-order valence-electron chi connectivity index (χ3n) is 3.15. The second-order valence-corrected chi connectivity index (χ2v) is 4.50. The van der Waals surface area contributed by atoms with E-state index >= 15 is 0 Å². The Kier molecular flexibility index (Phi) is 2.60. The third-order valence-corrected chi connectivity index (χ3v) is 3.15. The first-order valence-corrected chi connectivity index (χ1v) is 5.79. The fraction of sp³-hybridized carbons (Fsp3) is 0.231. The number of hydrogen-bond acceptors (Lipinski definition) is 3. The highest BCUT2D eigenvalue weighted by Crippen LogP contribution is 2.23. The molecule has 0 saturated heterocycles. The van der Waals surface area contributed by atoms with Gasteiger partial charge in [-0.15, -0.1) is 0 Å². The Morgan fingerprint density at radius 1 is 1.33 bits per heavy atom. The van der Waals surface area contributed by atoms with Crippen molar-refractivity contribution in [2.45, 2.75) is 19.6 Å². The molecule has 0 spiro atoms. The molecule has 0 fully saturated rings. The van der Waals surface area contributed by atoms with Crippen molar-refractivity contribution in [3.05, 3.63) is 52.8 Å². The molecule has 2 N–H and O–H groups in total. The maximum atomic E-state index is 10.7. The Bertz CT molecular complexity index is 566. The van der Waals surface area contributed by atoms with Crippen LogP contribution in [0.4, 0.5) is 0 Å². The molecule has 1 aliphatic heterocycles. The minimum absolute atomic E-state index is 0.0710. The fourth-order valence-corrected chi connectivity index (χ4v) is 2.31. The summed E-state index contributed by atoms with van der Waals surface area (Å²) < 4.78 is 0. The molecule has 2 heterocycles. The summed E-state index contributed by atoms with van der Waals surface area (Å²) in [6, 6.07) is 9.93. The average molecular weight is 243 g/mol. The molecule has 18 heavy (non-hydrogen) atoms. The summed E-state index contributed by atoms with van der Waals surface area (Å²) >= 11 is 0. The van der Waals surface area contributed by atoms with E-state index in [0.29, 0.717) is 6.54 Å². The summed E-state index contributed by atoms with van der Waals surface area (Å²) in [6.45, 7) is 2.49. The summed E-state index contributed by atoms with van der Waals surface area (Å²) in [5, 5.41) is 15.3. The largest absolute Gasteiger partial charge is 0.476 e. The second-order valence-electron chi connectivity index (χ2n) is 4.50. The van der Waals surface area contributed by atoms with Crippen LogP contribution in [0.1, 0.15) is 27.3 Å². The number of H-pyrrole nitrogens is 1. The highest BCUT2D eigenvalue weighted by atomic mass is 16.4.